The van der Waals surface area contributed by atoms with Crippen molar-refractivity contribution in [3.05, 3.63) is 29.8 Å². The van der Waals surface area contributed by atoms with E-state index in [-0.39, 0.29) is 5.75 Å². The van der Waals surface area contributed by atoms with E-state index in [1.165, 1.54) is 5.56 Å². The van der Waals surface area contributed by atoms with Gasteiger partial charge in [-0.25, -0.2) is 0 Å². The Kier molecular flexibility index (Phi) is 5.44. The minimum atomic E-state index is -3.79. The average molecular weight is 258 g/mol. The third-order valence-electron chi connectivity index (χ3n) is 2.53. The van der Waals surface area contributed by atoms with Crippen molar-refractivity contribution >= 4 is 10.1 Å². The van der Waals surface area contributed by atoms with Crippen LogP contribution >= 0.6 is 0 Å². The smallest absolute Gasteiger partial charge is 0.264 e. The van der Waals surface area contributed by atoms with Crippen LogP contribution in [-0.2, 0) is 16.5 Å². The lowest BCUT2D eigenvalue weighted by Gasteiger charge is -2.03. The first-order valence-corrected chi connectivity index (χ1v) is 7.20. The van der Waals surface area contributed by atoms with Gasteiger partial charge in [-0.05, 0) is 37.0 Å². The summed E-state index contributed by atoms with van der Waals surface area (Å²) < 4.78 is 34.6. The van der Waals surface area contributed by atoms with E-state index in [1.54, 1.807) is 7.11 Å². The summed E-state index contributed by atoms with van der Waals surface area (Å²) in [6, 6.07) is 7.82. The molecule has 0 heterocycles. The van der Waals surface area contributed by atoms with Crippen LogP contribution in [0.2, 0.25) is 0 Å². The van der Waals surface area contributed by atoms with E-state index in [2.05, 4.69) is 0 Å². The fourth-order valence-corrected chi connectivity index (χ4v) is 2.15. The van der Waals surface area contributed by atoms with Gasteiger partial charge in [0.05, 0.1) is 12.9 Å². The topological polar surface area (TPSA) is 63.6 Å². The van der Waals surface area contributed by atoms with Gasteiger partial charge in [0.1, 0.15) is 5.75 Å². The Balaban J connectivity index is 2.22. The maximum Gasteiger partial charge on any atom is 0.264 e. The molecule has 4 nitrogen and oxygen atoms in total. The summed E-state index contributed by atoms with van der Waals surface area (Å²) in [7, 11) is -2.17. The predicted octanol–water partition coefficient (Wildman–Crippen LogP) is 2.30. The molecule has 0 saturated carbocycles. The van der Waals surface area contributed by atoms with Gasteiger partial charge >= 0.3 is 0 Å². The summed E-state index contributed by atoms with van der Waals surface area (Å²) in [5, 5.41) is 0. The van der Waals surface area contributed by atoms with Gasteiger partial charge in [0.25, 0.3) is 10.1 Å². The van der Waals surface area contributed by atoms with Gasteiger partial charge in [-0.15, -0.1) is 0 Å². The van der Waals surface area contributed by atoms with Gasteiger partial charge in [0.15, 0.2) is 0 Å². The molecule has 0 bridgehead atoms. The number of aryl methyl sites for hydroxylation is 1. The van der Waals surface area contributed by atoms with Crippen LogP contribution in [-0.4, -0.2) is 25.8 Å². The SMILES string of the molecule is COc1ccc(CCCCCS(=O)(=O)O)cc1. The summed E-state index contributed by atoms with van der Waals surface area (Å²) in [6.45, 7) is 0. The molecule has 0 aliphatic carbocycles. The Morgan fingerprint density at radius 1 is 1.12 bits per heavy atom. The van der Waals surface area contributed by atoms with Crippen molar-refractivity contribution in [3.63, 3.8) is 0 Å². The van der Waals surface area contributed by atoms with E-state index in [0.29, 0.717) is 6.42 Å². The van der Waals surface area contributed by atoms with Crippen molar-refractivity contribution in [1.82, 2.24) is 0 Å². The molecule has 0 saturated heterocycles. The van der Waals surface area contributed by atoms with Gasteiger partial charge in [-0.2, -0.15) is 8.42 Å². The monoisotopic (exact) mass is 258 g/mol. The number of methoxy groups -OCH3 is 1. The standard InChI is InChI=1S/C12H18O4S/c1-16-12-8-6-11(7-9-12)5-3-2-4-10-17(13,14)15/h6-9H,2-5,10H2,1H3,(H,13,14,15). The van der Waals surface area contributed by atoms with Crippen molar-refractivity contribution in [2.45, 2.75) is 25.7 Å². The second kappa shape index (κ2) is 6.61. The Morgan fingerprint density at radius 2 is 1.76 bits per heavy atom. The second-order valence-electron chi connectivity index (χ2n) is 3.94. The van der Waals surface area contributed by atoms with Crippen molar-refractivity contribution in [2.24, 2.45) is 0 Å². The van der Waals surface area contributed by atoms with E-state index in [9.17, 15) is 8.42 Å². The summed E-state index contributed by atoms with van der Waals surface area (Å²) in [5.74, 6) is 0.690. The molecule has 0 aliphatic heterocycles. The molecule has 0 radical (unpaired) electrons. The predicted molar refractivity (Wildman–Crippen MR) is 67.0 cm³/mol. The minimum absolute atomic E-state index is 0.143. The number of rotatable bonds is 7. The fraction of sp³-hybridized carbons (Fsp3) is 0.500. The zero-order valence-electron chi connectivity index (χ0n) is 9.93. The van der Waals surface area contributed by atoms with Crippen LogP contribution in [0.5, 0.6) is 5.75 Å². The molecule has 0 unspecified atom stereocenters. The fourth-order valence-electron chi connectivity index (χ4n) is 1.58. The molecule has 0 fully saturated rings. The Labute approximate surface area is 102 Å². The maximum absolute atomic E-state index is 10.5. The number of hydrogen-bond acceptors (Lipinski definition) is 3. The van der Waals surface area contributed by atoms with Gasteiger partial charge < -0.3 is 4.74 Å². The first kappa shape index (κ1) is 14.0. The first-order chi connectivity index (χ1) is 8.01. The van der Waals surface area contributed by atoms with Crippen LogP contribution in [0.4, 0.5) is 0 Å². The van der Waals surface area contributed by atoms with Crippen LogP contribution in [0.3, 0.4) is 0 Å². The van der Waals surface area contributed by atoms with E-state index in [4.69, 9.17) is 9.29 Å². The molecular formula is C12H18O4S. The third kappa shape index (κ3) is 6.28. The molecule has 0 aromatic heterocycles. The zero-order valence-corrected chi connectivity index (χ0v) is 10.7. The quantitative estimate of drug-likeness (QED) is 0.602. The molecule has 17 heavy (non-hydrogen) atoms. The van der Waals surface area contributed by atoms with Gasteiger partial charge in [-0.3, -0.25) is 4.55 Å². The number of hydrogen-bond donors (Lipinski definition) is 1. The molecule has 0 spiro atoms. The van der Waals surface area contributed by atoms with Gasteiger partial charge in [0.2, 0.25) is 0 Å². The molecular weight excluding hydrogens is 240 g/mol. The highest BCUT2D eigenvalue weighted by atomic mass is 32.2. The normalized spacial score (nSPS) is 11.4. The lowest BCUT2D eigenvalue weighted by atomic mass is 10.1. The Hall–Kier alpha value is -1.07. The molecule has 1 aromatic rings. The molecule has 0 atom stereocenters. The Morgan fingerprint density at radius 3 is 2.29 bits per heavy atom. The summed E-state index contributed by atoms with van der Waals surface area (Å²) in [6.07, 6.45) is 3.14. The van der Waals surface area contributed by atoms with Crippen molar-refractivity contribution < 1.29 is 17.7 Å². The molecule has 0 amide bonds. The largest absolute Gasteiger partial charge is 0.497 e. The van der Waals surface area contributed by atoms with E-state index < -0.39 is 10.1 Å². The lowest BCUT2D eigenvalue weighted by Crippen LogP contribution is -2.03. The summed E-state index contributed by atoms with van der Waals surface area (Å²) in [5.41, 5.74) is 1.21. The molecule has 96 valence electrons. The number of ether oxygens (including phenoxy) is 1. The van der Waals surface area contributed by atoms with Crippen LogP contribution in [0.25, 0.3) is 0 Å². The molecule has 0 aliphatic rings. The van der Waals surface area contributed by atoms with Gasteiger partial charge in [-0.1, -0.05) is 18.6 Å². The summed E-state index contributed by atoms with van der Waals surface area (Å²) >= 11 is 0. The van der Waals surface area contributed by atoms with Crippen molar-refractivity contribution in [3.8, 4) is 5.75 Å². The number of unbranched alkanes of at least 4 members (excludes halogenated alkanes) is 2. The summed E-state index contributed by atoms with van der Waals surface area (Å²) in [4.78, 5) is 0. The first-order valence-electron chi connectivity index (χ1n) is 5.59. The third-order valence-corrected chi connectivity index (χ3v) is 3.33. The second-order valence-corrected chi connectivity index (χ2v) is 5.52. The van der Waals surface area contributed by atoms with Gasteiger partial charge in [0, 0.05) is 0 Å². The van der Waals surface area contributed by atoms with Crippen LogP contribution in [0, 0.1) is 0 Å². The zero-order chi connectivity index (χ0) is 12.7. The van der Waals surface area contributed by atoms with Crippen LogP contribution in [0.1, 0.15) is 24.8 Å². The highest BCUT2D eigenvalue weighted by Gasteiger charge is 2.03. The molecule has 5 heteroatoms. The average Bonchev–Trinajstić information content (AvgIpc) is 2.28. The van der Waals surface area contributed by atoms with E-state index in [0.717, 1.165) is 25.0 Å². The maximum atomic E-state index is 10.5. The molecule has 1 N–H and O–H groups in total. The highest BCUT2D eigenvalue weighted by molar-refractivity contribution is 7.85. The molecule has 1 aromatic carbocycles. The van der Waals surface area contributed by atoms with Crippen LogP contribution in [0.15, 0.2) is 24.3 Å². The van der Waals surface area contributed by atoms with E-state index in [1.807, 2.05) is 24.3 Å². The Bertz CT molecular complexity index is 422. The van der Waals surface area contributed by atoms with E-state index >= 15 is 0 Å². The van der Waals surface area contributed by atoms with Crippen LogP contribution < -0.4 is 4.74 Å². The minimum Gasteiger partial charge on any atom is -0.497 e. The van der Waals surface area contributed by atoms with Crippen molar-refractivity contribution in [1.29, 1.82) is 0 Å². The highest BCUT2D eigenvalue weighted by Crippen LogP contribution is 2.13. The van der Waals surface area contributed by atoms with Crippen molar-refractivity contribution in [2.75, 3.05) is 12.9 Å². The molecule has 1 rings (SSSR count). The number of benzene rings is 1. The lowest BCUT2D eigenvalue weighted by molar-refractivity contribution is 0.414.